The van der Waals surface area contributed by atoms with Gasteiger partial charge in [0.1, 0.15) is 17.5 Å². The van der Waals surface area contributed by atoms with Crippen LogP contribution in [0.4, 0.5) is 8.78 Å². The highest BCUT2D eigenvalue weighted by Gasteiger charge is 2.28. The fourth-order valence-corrected chi connectivity index (χ4v) is 2.06. The standard InChI is InChI=1S/C12H9F2IN2O2/c1-7-16-4-5-17(7)11(12(18)19-15)9-3-2-8(13)6-10(9)14/h2-6,11H,1H3. The molecule has 1 aromatic carbocycles. The fraction of sp³-hybridized carbons (Fsp3) is 0.167. The quantitative estimate of drug-likeness (QED) is 0.772. The molecule has 1 atom stereocenters. The van der Waals surface area contributed by atoms with Crippen molar-refractivity contribution in [2.75, 3.05) is 0 Å². The van der Waals surface area contributed by atoms with Crippen molar-refractivity contribution in [1.82, 2.24) is 9.55 Å². The minimum atomic E-state index is -1.03. The first kappa shape index (κ1) is 13.9. The molecule has 1 unspecified atom stereocenters. The molecule has 100 valence electrons. The molecule has 0 fully saturated rings. The normalized spacial score (nSPS) is 12.2. The lowest BCUT2D eigenvalue weighted by molar-refractivity contribution is -0.133. The number of aromatic nitrogens is 2. The molecular formula is C12H9F2IN2O2. The van der Waals surface area contributed by atoms with Gasteiger partial charge in [0.05, 0.1) is 0 Å². The van der Waals surface area contributed by atoms with E-state index in [4.69, 9.17) is 0 Å². The Morgan fingerprint density at radius 2 is 2.21 bits per heavy atom. The van der Waals surface area contributed by atoms with Crippen molar-refractivity contribution in [2.45, 2.75) is 13.0 Å². The number of nitrogens with zero attached hydrogens (tertiary/aromatic N) is 2. The van der Waals surface area contributed by atoms with Crippen LogP contribution in [0.15, 0.2) is 30.6 Å². The second kappa shape index (κ2) is 5.64. The molecule has 1 heterocycles. The van der Waals surface area contributed by atoms with Crippen LogP contribution in [0, 0.1) is 18.6 Å². The third-order valence-electron chi connectivity index (χ3n) is 2.70. The molecule has 0 aliphatic carbocycles. The van der Waals surface area contributed by atoms with Crippen LogP contribution in [-0.2, 0) is 7.86 Å². The molecule has 0 aliphatic heterocycles. The summed E-state index contributed by atoms with van der Waals surface area (Å²) < 4.78 is 32.9. The topological polar surface area (TPSA) is 44.1 Å². The maximum atomic E-state index is 13.8. The molecular weight excluding hydrogens is 369 g/mol. The van der Waals surface area contributed by atoms with Crippen LogP contribution in [0.2, 0.25) is 0 Å². The van der Waals surface area contributed by atoms with E-state index in [9.17, 15) is 13.6 Å². The van der Waals surface area contributed by atoms with E-state index in [-0.39, 0.29) is 5.56 Å². The Labute approximate surface area is 122 Å². The Kier molecular flexibility index (Phi) is 4.13. The average molecular weight is 378 g/mol. The molecule has 0 radical (unpaired) electrons. The zero-order chi connectivity index (χ0) is 14.0. The highest BCUT2D eigenvalue weighted by atomic mass is 127. The Balaban J connectivity index is 2.56. The summed E-state index contributed by atoms with van der Waals surface area (Å²) in [7, 11) is 0. The zero-order valence-electron chi connectivity index (χ0n) is 9.81. The third kappa shape index (κ3) is 2.75. The smallest absolute Gasteiger partial charge is 0.343 e. The van der Waals surface area contributed by atoms with E-state index in [1.807, 2.05) is 0 Å². The summed E-state index contributed by atoms with van der Waals surface area (Å²) >= 11 is 1.43. The average Bonchev–Trinajstić information content (AvgIpc) is 2.78. The number of carbonyl (C=O) groups is 1. The first-order chi connectivity index (χ1) is 9.04. The van der Waals surface area contributed by atoms with Gasteiger partial charge in [0, 0.05) is 24.0 Å². The highest BCUT2D eigenvalue weighted by Crippen LogP contribution is 2.25. The largest absolute Gasteiger partial charge is 0.393 e. The van der Waals surface area contributed by atoms with Crippen LogP contribution in [0.1, 0.15) is 17.4 Å². The van der Waals surface area contributed by atoms with Crippen molar-refractivity contribution >= 4 is 29.0 Å². The first-order valence-electron chi connectivity index (χ1n) is 5.31. The Morgan fingerprint density at radius 3 is 2.74 bits per heavy atom. The second-order valence-corrected chi connectivity index (χ2v) is 4.29. The van der Waals surface area contributed by atoms with Crippen LogP contribution < -0.4 is 0 Å². The Bertz CT molecular complexity index is 616. The van der Waals surface area contributed by atoms with Crippen LogP contribution in [0.5, 0.6) is 0 Å². The number of aryl methyl sites for hydroxylation is 1. The third-order valence-corrected chi connectivity index (χ3v) is 3.13. The summed E-state index contributed by atoms with van der Waals surface area (Å²) in [6, 6.07) is 2.02. The van der Waals surface area contributed by atoms with E-state index in [0.29, 0.717) is 5.82 Å². The van der Waals surface area contributed by atoms with Gasteiger partial charge in [-0.3, -0.25) is 0 Å². The maximum Gasteiger partial charge on any atom is 0.343 e. The molecule has 4 nitrogen and oxygen atoms in total. The predicted molar refractivity (Wildman–Crippen MR) is 71.6 cm³/mol. The van der Waals surface area contributed by atoms with Crippen LogP contribution in [0.25, 0.3) is 0 Å². The first-order valence-corrected chi connectivity index (χ1v) is 6.19. The molecule has 7 heteroatoms. The van der Waals surface area contributed by atoms with E-state index >= 15 is 0 Å². The molecule has 2 rings (SSSR count). The fourth-order valence-electron chi connectivity index (χ4n) is 1.82. The molecule has 0 bridgehead atoms. The molecule has 0 amide bonds. The second-order valence-electron chi connectivity index (χ2n) is 3.85. The van der Waals surface area contributed by atoms with Gasteiger partial charge < -0.3 is 7.63 Å². The summed E-state index contributed by atoms with van der Waals surface area (Å²) in [6.07, 6.45) is 3.03. The van der Waals surface area contributed by atoms with Crippen LogP contribution >= 0.6 is 23.0 Å². The van der Waals surface area contributed by atoms with Crippen molar-refractivity contribution in [3.63, 3.8) is 0 Å². The number of rotatable bonds is 3. The Morgan fingerprint density at radius 1 is 1.47 bits per heavy atom. The van der Waals surface area contributed by atoms with Crippen molar-refractivity contribution in [3.05, 3.63) is 53.6 Å². The SMILES string of the molecule is Cc1nccn1C(C(=O)OI)c1ccc(F)cc1F. The Hall–Kier alpha value is -1.51. The molecule has 0 aliphatic rings. The number of benzene rings is 1. The lowest BCUT2D eigenvalue weighted by atomic mass is 10.1. The lowest BCUT2D eigenvalue weighted by Gasteiger charge is -2.18. The minimum absolute atomic E-state index is 0.0316. The van der Waals surface area contributed by atoms with Crippen molar-refractivity contribution < 1.29 is 16.6 Å². The number of halogens is 3. The van der Waals surface area contributed by atoms with E-state index < -0.39 is 23.6 Å². The van der Waals surface area contributed by atoms with Gasteiger partial charge in [-0.05, 0) is 13.0 Å². The summed E-state index contributed by atoms with van der Waals surface area (Å²) in [5.74, 6) is -1.65. The summed E-state index contributed by atoms with van der Waals surface area (Å²) in [6.45, 7) is 1.68. The summed E-state index contributed by atoms with van der Waals surface area (Å²) in [4.78, 5) is 15.8. The van der Waals surface area contributed by atoms with Gasteiger partial charge in [-0.25, -0.2) is 18.6 Å². The van der Waals surface area contributed by atoms with Gasteiger partial charge >= 0.3 is 5.97 Å². The van der Waals surface area contributed by atoms with Crippen LogP contribution in [0.3, 0.4) is 0 Å². The number of imidazole rings is 1. The number of carbonyl (C=O) groups excluding carboxylic acids is 1. The molecule has 0 spiro atoms. The van der Waals surface area contributed by atoms with E-state index in [1.54, 1.807) is 6.92 Å². The summed E-state index contributed by atoms with van der Waals surface area (Å²) in [5, 5.41) is 0. The lowest BCUT2D eigenvalue weighted by Crippen LogP contribution is -2.22. The van der Waals surface area contributed by atoms with Gasteiger partial charge in [-0.2, -0.15) is 0 Å². The van der Waals surface area contributed by atoms with E-state index in [1.165, 1.54) is 46.0 Å². The van der Waals surface area contributed by atoms with Gasteiger partial charge in [-0.15, -0.1) is 0 Å². The molecule has 2 aromatic rings. The predicted octanol–water partition coefficient (Wildman–Crippen LogP) is 2.95. The van der Waals surface area contributed by atoms with Crippen molar-refractivity contribution in [1.29, 1.82) is 0 Å². The van der Waals surface area contributed by atoms with Gasteiger partial charge in [0.25, 0.3) is 0 Å². The molecule has 1 aromatic heterocycles. The minimum Gasteiger partial charge on any atom is -0.393 e. The van der Waals surface area contributed by atoms with Gasteiger partial charge in [0.15, 0.2) is 29.0 Å². The van der Waals surface area contributed by atoms with E-state index in [0.717, 1.165) is 12.1 Å². The molecule has 19 heavy (non-hydrogen) atoms. The van der Waals surface area contributed by atoms with Crippen molar-refractivity contribution in [3.8, 4) is 0 Å². The van der Waals surface area contributed by atoms with Gasteiger partial charge in [-0.1, -0.05) is 6.07 Å². The number of hydrogen-bond acceptors (Lipinski definition) is 3. The zero-order valence-corrected chi connectivity index (χ0v) is 12.0. The molecule has 0 N–H and O–H groups in total. The monoisotopic (exact) mass is 378 g/mol. The van der Waals surface area contributed by atoms with Gasteiger partial charge in [0.2, 0.25) is 0 Å². The summed E-state index contributed by atoms with van der Waals surface area (Å²) in [5.41, 5.74) is 0.0316. The maximum absolute atomic E-state index is 13.8. The number of hydrogen-bond donors (Lipinski definition) is 0. The van der Waals surface area contributed by atoms with E-state index in [2.05, 4.69) is 8.05 Å². The molecule has 0 saturated carbocycles. The van der Waals surface area contributed by atoms with Crippen molar-refractivity contribution in [2.24, 2.45) is 0 Å². The molecule has 0 saturated heterocycles. The van der Waals surface area contributed by atoms with Crippen LogP contribution in [-0.4, -0.2) is 15.5 Å². The highest BCUT2D eigenvalue weighted by molar-refractivity contribution is 14.1.